The highest BCUT2D eigenvalue weighted by Crippen LogP contribution is 2.10. The average molecular weight is 247 g/mol. The van der Waals surface area contributed by atoms with Gasteiger partial charge in [-0.15, -0.1) is 0 Å². The summed E-state index contributed by atoms with van der Waals surface area (Å²) in [5, 5.41) is 3.59. The van der Waals surface area contributed by atoms with Gasteiger partial charge in [0.25, 0.3) is 0 Å². The predicted molar refractivity (Wildman–Crippen MR) is 75.7 cm³/mol. The van der Waals surface area contributed by atoms with E-state index < -0.39 is 0 Å². The second kappa shape index (κ2) is 6.86. The Bertz CT molecular complexity index is 331. The van der Waals surface area contributed by atoms with Crippen LogP contribution in [0.3, 0.4) is 0 Å². The van der Waals surface area contributed by atoms with Gasteiger partial charge >= 0.3 is 0 Å². The second-order valence-corrected chi connectivity index (χ2v) is 5.49. The Morgan fingerprint density at radius 2 is 2.39 bits per heavy atom. The highest BCUT2D eigenvalue weighted by atomic mass is 15.2. The van der Waals surface area contributed by atoms with Gasteiger partial charge < -0.3 is 5.32 Å². The maximum absolute atomic E-state index is 4.18. The molecule has 2 rings (SSSR count). The second-order valence-electron chi connectivity index (χ2n) is 5.49. The first-order chi connectivity index (χ1) is 8.75. The molecule has 1 aliphatic rings. The first kappa shape index (κ1) is 13.5. The lowest BCUT2D eigenvalue weighted by Crippen LogP contribution is -2.42. The van der Waals surface area contributed by atoms with E-state index in [2.05, 4.69) is 35.1 Å². The van der Waals surface area contributed by atoms with Crippen molar-refractivity contribution < 1.29 is 0 Å². The summed E-state index contributed by atoms with van der Waals surface area (Å²) in [6, 6.07) is 5.50. The van der Waals surface area contributed by atoms with Gasteiger partial charge in [0.1, 0.15) is 0 Å². The molecule has 1 unspecified atom stereocenters. The molecular weight excluding hydrogens is 222 g/mol. The number of nitrogens with zero attached hydrogens (tertiary/aromatic N) is 2. The van der Waals surface area contributed by atoms with E-state index in [-0.39, 0.29) is 0 Å². The Kier molecular flexibility index (Phi) is 5.14. The van der Waals surface area contributed by atoms with Crippen LogP contribution in [0.4, 0.5) is 0 Å². The molecule has 0 saturated carbocycles. The summed E-state index contributed by atoms with van der Waals surface area (Å²) < 4.78 is 0. The zero-order valence-electron chi connectivity index (χ0n) is 11.6. The van der Waals surface area contributed by atoms with Crippen LogP contribution in [0.5, 0.6) is 0 Å². The molecule has 3 heteroatoms. The molecule has 1 saturated heterocycles. The Morgan fingerprint density at radius 1 is 1.50 bits per heavy atom. The summed E-state index contributed by atoms with van der Waals surface area (Å²) in [5.74, 6) is 0. The highest BCUT2D eigenvalue weighted by Gasteiger charge is 2.19. The van der Waals surface area contributed by atoms with Gasteiger partial charge in [-0.3, -0.25) is 9.88 Å². The van der Waals surface area contributed by atoms with Gasteiger partial charge in [0, 0.05) is 37.6 Å². The minimum absolute atomic E-state index is 0.615. The third-order valence-corrected chi connectivity index (χ3v) is 3.76. The zero-order valence-corrected chi connectivity index (χ0v) is 11.6. The fourth-order valence-corrected chi connectivity index (χ4v) is 2.57. The number of pyridine rings is 1. The molecule has 2 heterocycles. The van der Waals surface area contributed by atoms with Gasteiger partial charge in [0.05, 0.1) is 0 Å². The van der Waals surface area contributed by atoms with Gasteiger partial charge in [-0.2, -0.15) is 0 Å². The Hall–Kier alpha value is -0.930. The van der Waals surface area contributed by atoms with Crippen LogP contribution < -0.4 is 5.32 Å². The molecule has 0 aromatic carbocycles. The number of hydrogen-bond donors (Lipinski definition) is 1. The van der Waals surface area contributed by atoms with Gasteiger partial charge in [0.2, 0.25) is 0 Å². The van der Waals surface area contributed by atoms with E-state index in [9.17, 15) is 0 Å². The molecule has 1 aromatic rings. The molecule has 1 N–H and O–H groups in total. The van der Waals surface area contributed by atoms with Crippen LogP contribution in [0.15, 0.2) is 24.5 Å². The molecule has 1 aliphatic heterocycles. The predicted octanol–water partition coefficient (Wildman–Crippen LogP) is 2.09. The summed E-state index contributed by atoms with van der Waals surface area (Å²) >= 11 is 0. The molecule has 0 spiro atoms. The summed E-state index contributed by atoms with van der Waals surface area (Å²) in [7, 11) is 0. The Balaban J connectivity index is 1.82. The lowest BCUT2D eigenvalue weighted by molar-refractivity contribution is 0.205. The molecule has 100 valence electrons. The van der Waals surface area contributed by atoms with Crippen LogP contribution in [-0.2, 0) is 6.42 Å². The van der Waals surface area contributed by atoms with Crippen LogP contribution in [-0.4, -0.2) is 41.6 Å². The van der Waals surface area contributed by atoms with E-state index in [1.165, 1.54) is 31.5 Å². The third kappa shape index (κ3) is 4.07. The zero-order chi connectivity index (χ0) is 12.8. The van der Waals surface area contributed by atoms with Crippen molar-refractivity contribution in [1.82, 2.24) is 15.2 Å². The topological polar surface area (TPSA) is 28.2 Å². The smallest absolute Gasteiger partial charge is 0.0300 e. The fourth-order valence-electron chi connectivity index (χ4n) is 2.57. The monoisotopic (exact) mass is 247 g/mol. The molecule has 0 bridgehead atoms. The van der Waals surface area contributed by atoms with Crippen molar-refractivity contribution in [3.05, 3.63) is 30.1 Å². The quantitative estimate of drug-likeness (QED) is 0.834. The normalized spacial score (nSPS) is 19.9. The summed E-state index contributed by atoms with van der Waals surface area (Å²) in [6.07, 6.45) is 7.58. The van der Waals surface area contributed by atoms with Crippen LogP contribution in [0.1, 0.15) is 32.3 Å². The SMILES string of the molecule is CC(C)N(CCc1cccnc1)CC1CCCN1. The molecule has 0 aliphatic carbocycles. The van der Waals surface area contributed by atoms with Crippen LogP contribution in [0.25, 0.3) is 0 Å². The molecule has 1 atom stereocenters. The largest absolute Gasteiger partial charge is 0.313 e. The molecular formula is C15H25N3. The number of hydrogen-bond acceptors (Lipinski definition) is 3. The maximum atomic E-state index is 4.18. The van der Waals surface area contributed by atoms with Gasteiger partial charge in [-0.25, -0.2) is 0 Å². The van der Waals surface area contributed by atoms with Gasteiger partial charge in [-0.1, -0.05) is 6.07 Å². The van der Waals surface area contributed by atoms with E-state index >= 15 is 0 Å². The Labute approximate surface area is 111 Å². The van der Waals surface area contributed by atoms with Gasteiger partial charge in [0.15, 0.2) is 0 Å². The summed E-state index contributed by atoms with van der Waals surface area (Å²) in [5.41, 5.74) is 1.34. The minimum Gasteiger partial charge on any atom is -0.313 e. The van der Waals surface area contributed by atoms with Crippen molar-refractivity contribution in [2.24, 2.45) is 0 Å². The third-order valence-electron chi connectivity index (χ3n) is 3.76. The average Bonchev–Trinajstić information content (AvgIpc) is 2.88. The Morgan fingerprint density at radius 3 is 3.00 bits per heavy atom. The lowest BCUT2D eigenvalue weighted by Gasteiger charge is -2.29. The van der Waals surface area contributed by atoms with E-state index in [1.807, 2.05) is 18.5 Å². The van der Waals surface area contributed by atoms with Gasteiger partial charge in [-0.05, 0) is 51.3 Å². The molecule has 1 fully saturated rings. The van der Waals surface area contributed by atoms with E-state index in [4.69, 9.17) is 0 Å². The highest BCUT2D eigenvalue weighted by molar-refractivity contribution is 5.08. The first-order valence-corrected chi connectivity index (χ1v) is 7.12. The van der Waals surface area contributed by atoms with Crippen molar-refractivity contribution in [2.75, 3.05) is 19.6 Å². The number of rotatable bonds is 6. The maximum Gasteiger partial charge on any atom is 0.0300 e. The standard InChI is InChI=1S/C15H25N3/c1-13(2)18(12-15-6-4-9-17-15)10-7-14-5-3-8-16-11-14/h3,5,8,11,13,15,17H,4,6-7,9-10,12H2,1-2H3. The summed E-state index contributed by atoms with van der Waals surface area (Å²) in [4.78, 5) is 6.76. The van der Waals surface area contributed by atoms with E-state index in [0.29, 0.717) is 12.1 Å². The first-order valence-electron chi connectivity index (χ1n) is 7.12. The molecule has 18 heavy (non-hydrogen) atoms. The van der Waals surface area contributed by atoms with Crippen molar-refractivity contribution >= 4 is 0 Å². The van der Waals surface area contributed by atoms with E-state index in [0.717, 1.165) is 13.0 Å². The fraction of sp³-hybridized carbons (Fsp3) is 0.667. The van der Waals surface area contributed by atoms with Crippen LogP contribution >= 0.6 is 0 Å². The van der Waals surface area contributed by atoms with Crippen molar-refractivity contribution in [2.45, 2.75) is 45.2 Å². The van der Waals surface area contributed by atoms with E-state index in [1.54, 1.807) is 0 Å². The van der Waals surface area contributed by atoms with Crippen molar-refractivity contribution in [3.63, 3.8) is 0 Å². The summed E-state index contributed by atoms with van der Waals surface area (Å²) in [6.45, 7) is 8.08. The van der Waals surface area contributed by atoms with Crippen LogP contribution in [0.2, 0.25) is 0 Å². The minimum atomic E-state index is 0.615. The van der Waals surface area contributed by atoms with Crippen molar-refractivity contribution in [1.29, 1.82) is 0 Å². The van der Waals surface area contributed by atoms with Crippen LogP contribution in [0, 0.1) is 0 Å². The lowest BCUT2D eigenvalue weighted by atomic mass is 10.1. The van der Waals surface area contributed by atoms with Crippen molar-refractivity contribution in [3.8, 4) is 0 Å². The molecule has 1 aromatic heterocycles. The molecule has 0 amide bonds. The molecule has 0 radical (unpaired) electrons. The molecule has 3 nitrogen and oxygen atoms in total. The number of aromatic nitrogens is 1. The number of nitrogens with one attached hydrogen (secondary N) is 1.